The van der Waals surface area contributed by atoms with E-state index in [1.54, 1.807) is 10.6 Å². The lowest BCUT2D eigenvalue weighted by atomic mass is 10.1. The highest BCUT2D eigenvalue weighted by Gasteiger charge is 2.32. The Hall–Kier alpha value is -3.52. The quantitative estimate of drug-likeness (QED) is 0.513. The zero-order valence-electron chi connectivity index (χ0n) is 17.4. The van der Waals surface area contributed by atoms with Gasteiger partial charge in [-0.25, -0.2) is 8.91 Å². The molecule has 0 spiro atoms. The van der Waals surface area contributed by atoms with Crippen molar-refractivity contribution < 1.29 is 9.18 Å². The number of aromatic nitrogens is 4. The summed E-state index contributed by atoms with van der Waals surface area (Å²) in [5, 5.41) is 8.76. The molecule has 31 heavy (non-hydrogen) atoms. The molecule has 0 unspecified atom stereocenters. The molecule has 1 atom stereocenters. The second-order valence-corrected chi connectivity index (χ2v) is 7.98. The molecule has 1 aromatic carbocycles. The van der Waals surface area contributed by atoms with Crippen LogP contribution < -0.4 is 0 Å². The Bertz CT molecular complexity index is 1260. The number of halogens is 1. The van der Waals surface area contributed by atoms with Gasteiger partial charge in [-0.15, -0.1) is 5.10 Å². The lowest BCUT2D eigenvalue weighted by Crippen LogP contribution is -2.49. The number of hydrogen-bond acceptors (Lipinski definition) is 4. The average molecular weight is 418 g/mol. The number of nitrogens with zero attached hydrogens (tertiary/aromatic N) is 6. The molecule has 0 bridgehead atoms. The van der Waals surface area contributed by atoms with Gasteiger partial charge in [0.15, 0.2) is 0 Å². The summed E-state index contributed by atoms with van der Waals surface area (Å²) in [5.74, 6) is -0.251. The lowest BCUT2D eigenvalue weighted by molar-refractivity contribution is 0.0533. The number of carbonyl (C=O) groups excluding carboxylic acids is 1. The van der Waals surface area contributed by atoms with Crippen LogP contribution >= 0.6 is 0 Å². The summed E-state index contributed by atoms with van der Waals surface area (Å²) in [6.07, 6.45) is 3.74. The number of pyridine rings is 1. The van der Waals surface area contributed by atoms with E-state index in [1.165, 1.54) is 12.1 Å². The molecule has 3 aromatic heterocycles. The van der Waals surface area contributed by atoms with Crippen LogP contribution in [-0.4, -0.2) is 61.8 Å². The number of aryl methyl sites for hydroxylation is 1. The maximum absolute atomic E-state index is 13.6. The lowest BCUT2D eigenvalue weighted by Gasteiger charge is -2.38. The van der Waals surface area contributed by atoms with E-state index in [0.717, 1.165) is 28.9 Å². The zero-order valence-corrected chi connectivity index (χ0v) is 17.4. The third kappa shape index (κ3) is 3.48. The number of amides is 1. The Morgan fingerprint density at radius 1 is 1.06 bits per heavy atom. The van der Waals surface area contributed by atoms with E-state index >= 15 is 0 Å². The second kappa shape index (κ2) is 7.63. The van der Waals surface area contributed by atoms with E-state index in [0.29, 0.717) is 18.8 Å². The minimum Gasteiger partial charge on any atom is -0.347 e. The molecule has 0 N–H and O–H groups in total. The molecule has 1 saturated heterocycles. The van der Waals surface area contributed by atoms with Crippen LogP contribution in [0.3, 0.4) is 0 Å². The Balaban J connectivity index is 1.45. The molecule has 1 fully saturated rings. The number of piperazine rings is 1. The Morgan fingerprint density at radius 3 is 2.71 bits per heavy atom. The van der Waals surface area contributed by atoms with Crippen molar-refractivity contribution in [3.05, 3.63) is 78.1 Å². The van der Waals surface area contributed by atoms with Gasteiger partial charge in [-0.3, -0.25) is 9.69 Å². The Kier molecular flexibility index (Phi) is 4.78. The maximum atomic E-state index is 13.6. The van der Waals surface area contributed by atoms with Gasteiger partial charge >= 0.3 is 0 Å². The Labute approximate surface area is 179 Å². The predicted octanol–water partition coefficient (Wildman–Crippen LogP) is 3.00. The first-order valence-corrected chi connectivity index (χ1v) is 10.2. The van der Waals surface area contributed by atoms with Crippen molar-refractivity contribution >= 4 is 11.4 Å². The molecule has 1 amide bonds. The van der Waals surface area contributed by atoms with Gasteiger partial charge in [0.25, 0.3) is 5.91 Å². The van der Waals surface area contributed by atoms with Crippen LogP contribution in [0.4, 0.5) is 4.39 Å². The van der Waals surface area contributed by atoms with Crippen molar-refractivity contribution in [1.82, 2.24) is 29.2 Å². The van der Waals surface area contributed by atoms with Gasteiger partial charge in [0.1, 0.15) is 17.2 Å². The molecular formula is C23H23FN6O. The van der Waals surface area contributed by atoms with Gasteiger partial charge in [-0.1, -0.05) is 23.4 Å². The SMILES string of the molecule is CN1CCN(C(=O)c2cccn2C)C[C@H]1c1nnn2cc(-c3cccc(F)c3)ccc12. The van der Waals surface area contributed by atoms with Crippen molar-refractivity contribution in [1.29, 1.82) is 0 Å². The molecule has 8 heteroatoms. The molecule has 4 heterocycles. The summed E-state index contributed by atoms with van der Waals surface area (Å²) in [6, 6.07) is 14.1. The molecule has 5 rings (SSSR count). The van der Waals surface area contributed by atoms with Gasteiger partial charge in [-0.05, 0) is 42.9 Å². The number of rotatable bonds is 3. The average Bonchev–Trinajstić information content (AvgIpc) is 3.39. The monoisotopic (exact) mass is 418 g/mol. The zero-order chi connectivity index (χ0) is 21.5. The molecular weight excluding hydrogens is 395 g/mol. The fourth-order valence-electron chi connectivity index (χ4n) is 4.19. The molecule has 4 aromatic rings. The van der Waals surface area contributed by atoms with Crippen LogP contribution in [0, 0.1) is 5.82 Å². The molecule has 0 saturated carbocycles. The minimum atomic E-state index is -0.274. The number of likely N-dealkylation sites (N-methyl/N-ethyl adjacent to an activating group) is 1. The van der Waals surface area contributed by atoms with Crippen LogP contribution in [0.2, 0.25) is 0 Å². The van der Waals surface area contributed by atoms with E-state index in [1.807, 2.05) is 66.3 Å². The summed E-state index contributed by atoms with van der Waals surface area (Å²) in [7, 11) is 3.92. The molecule has 0 radical (unpaired) electrons. The second-order valence-electron chi connectivity index (χ2n) is 7.98. The molecule has 7 nitrogen and oxygen atoms in total. The molecule has 1 aliphatic rings. The fraction of sp³-hybridized carbons (Fsp3) is 0.261. The van der Waals surface area contributed by atoms with Crippen molar-refractivity contribution in [3.8, 4) is 11.1 Å². The molecule has 158 valence electrons. The molecule has 0 aliphatic carbocycles. The highest BCUT2D eigenvalue weighted by Crippen LogP contribution is 2.28. The maximum Gasteiger partial charge on any atom is 0.270 e. The summed E-state index contributed by atoms with van der Waals surface area (Å²) >= 11 is 0. The van der Waals surface area contributed by atoms with Crippen LogP contribution in [0.15, 0.2) is 60.9 Å². The summed E-state index contributed by atoms with van der Waals surface area (Å²) in [5.41, 5.74) is 4.03. The van der Waals surface area contributed by atoms with Crippen LogP contribution in [-0.2, 0) is 7.05 Å². The summed E-state index contributed by atoms with van der Waals surface area (Å²) < 4.78 is 17.2. The smallest absolute Gasteiger partial charge is 0.270 e. The minimum absolute atomic E-state index is 0.0236. The fourth-order valence-corrected chi connectivity index (χ4v) is 4.19. The van der Waals surface area contributed by atoms with Gasteiger partial charge in [-0.2, -0.15) is 0 Å². The highest BCUT2D eigenvalue weighted by atomic mass is 19.1. The van der Waals surface area contributed by atoms with Crippen LogP contribution in [0.25, 0.3) is 16.6 Å². The van der Waals surface area contributed by atoms with E-state index in [9.17, 15) is 9.18 Å². The first kappa shape index (κ1) is 19.4. The van der Waals surface area contributed by atoms with Crippen molar-refractivity contribution in [2.24, 2.45) is 7.05 Å². The Morgan fingerprint density at radius 2 is 1.94 bits per heavy atom. The topological polar surface area (TPSA) is 58.7 Å². The van der Waals surface area contributed by atoms with E-state index in [-0.39, 0.29) is 17.8 Å². The number of hydrogen-bond donors (Lipinski definition) is 0. The largest absolute Gasteiger partial charge is 0.347 e. The normalized spacial score (nSPS) is 17.4. The number of fused-ring (bicyclic) bond motifs is 1. The van der Waals surface area contributed by atoms with Gasteiger partial charge in [0.2, 0.25) is 0 Å². The van der Waals surface area contributed by atoms with Crippen molar-refractivity contribution in [2.45, 2.75) is 6.04 Å². The van der Waals surface area contributed by atoms with Gasteiger partial charge < -0.3 is 9.47 Å². The van der Waals surface area contributed by atoms with Gasteiger partial charge in [0.05, 0.1) is 11.6 Å². The van der Waals surface area contributed by atoms with Crippen molar-refractivity contribution in [2.75, 3.05) is 26.7 Å². The highest BCUT2D eigenvalue weighted by molar-refractivity contribution is 5.92. The predicted molar refractivity (Wildman–Crippen MR) is 115 cm³/mol. The third-order valence-electron chi connectivity index (χ3n) is 6.01. The van der Waals surface area contributed by atoms with E-state index in [4.69, 9.17) is 0 Å². The standard InChI is InChI=1S/C23H23FN6O/c1-27-10-4-7-20(27)23(31)29-12-11-28(2)21(15-29)22-19-9-8-17(14-30(19)26-25-22)16-5-3-6-18(24)13-16/h3-10,13-14,21H,11-12,15H2,1-2H3/t21-/m0/s1. The number of benzene rings is 1. The molecule has 1 aliphatic heterocycles. The van der Waals surface area contributed by atoms with Crippen LogP contribution in [0.5, 0.6) is 0 Å². The van der Waals surface area contributed by atoms with Gasteiger partial charge in [0, 0.05) is 44.6 Å². The first-order chi connectivity index (χ1) is 15.0. The summed E-state index contributed by atoms with van der Waals surface area (Å²) in [4.78, 5) is 17.1. The van der Waals surface area contributed by atoms with E-state index in [2.05, 4.69) is 15.2 Å². The van der Waals surface area contributed by atoms with Crippen molar-refractivity contribution in [3.63, 3.8) is 0 Å². The summed E-state index contributed by atoms with van der Waals surface area (Å²) in [6.45, 7) is 1.96. The first-order valence-electron chi connectivity index (χ1n) is 10.2. The number of carbonyl (C=O) groups is 1. The third-order valence-corrected chi connectivity index (χ3v) is 6.01. The van der Waals surface area contributed by atoms with E-state index < -0.39 is 0 Å². The van der Waals surface area contributed by atoms with Crippen LogP contribution in [0.1, 0.15) is 22.2 Å².